The van der Waals surface area contributed by atoms with E-state index >= 15 is 0 Å². The number of anilines is 1. The van der Waals surface area contributed by atoms with E-state index in [9.17, 15) is 0 Å². The van der Waals surface area contributed by atoms with E-state index in [0.29, 0.717) is 5.88 Å². The molecule has 0 bridgehead atoms. The van der Waals surface area contributed by atoms with Crippen LogP contribution < -0.4 is 22.8 Å². The topological polar surface area (TPSA) is 55.9 Å². The molecule has 1 aromatic heterocycles. The lowest BCUT2D eigenvalue weighted by Crippen LogP contribution is -3.00. The Morgan fingerprint density at radius 3 is 2.43 bits per heavy atom. The maximum atomic E-state index is 5.62. The van der Waals surface area contributed by atoms with Gasteiger partial charge in [0.25, 0.3) is 0 Å². The number of nitrogen functional groups attached to an aromatic ring is 1. The van der Waals surface area contributed by atoms with Gasteiger partial charge < -0.3 is 18.1 Å². The number of nitrogens with two attached hydrogens (primary N) is 1. The highest BCUT2D eigenvalue weighted by Crippen LogP contribution is 2.19. The third-order valence-electron chi connectivity index (χ3n) is 1.87. The number of benzene rings is 1. The normalized spacial score (nSPS) is 9.50. The van der Waals surface area contributed by atoms with Gasteiger partial charge in [0.2, 0.25) is 5.27 Å². The van der Waals surface area contributed by atoms with Crippen molar-refractivity contribution in [3.8, 4) is 11.3 Å². The number of aryl methyl sites for hydroxylation is 1. The van der Waals surface area contributed by atoms with Crippen LogP contribution in [0.2, 0.25) is 0 Å². The van der Waals surface area contributed by atoms with Crippen molar-refractivity contribution < 1.29 is 21.6 Å². The van der Waals surface area contributed by atoms with Gasteiger partial charge in [0.1, 0.15) is 0 Å². The molecule has 2 rings (SSSR count). The molecule has 0 radical (unpaired) electrons. The number of hydrogen-bond acceptors (Lipinski definition) is 3. The maximum absolute atomic E-state index is 5.62. The van der Waals surface area contributed by atoms with Crippen molar-refractivity contribution in [2.45, 2.75) is 0 Å². The lowest BCUT2D eigenvalue weighted by atomic mass is 10.1. The van der Waals surface area contributed by atoms with Gasteiger partial charge in [-0.3, -0.25) is 4.52 Å². The van der Waals surface area contributed by atoms with E-state index in [1.165, 1.54) is 0 Å². The van der Waals surface area contributed by atoms with Gasteiger partial charge in [-0.15, -0.1) is 0 Å². The molecular weight excluding hydrogens is 202 g/mol. The third kappa shape index (κ3) is 1.70. The van der Waals surface area contributed by atoms with Crippen LogP contribution >= 0.6 is 0 Å². The van der Waals surface area contributed by atoms with Gasteiger partial charge in [0.05, 0.1) is 5.56 Å². The first kappa shape index (κ1) is 10.5. The molecule has 2 N–H and O–H groups in total. The summed E-state index contributed by atoms with van der Waals surface area (Å²) in [5, 5.41) is 3.71. The highest BCUT2D eigenvalue weighted by atomic mass is 35.5. The van der Waals surface area contributed by atoms with Crippen LogP contribution in [-0.4, -0.2) is 5.27 Å². The lowest BCUT2D eigenvalue weighted by molar-refractivity contribution is -0.730. The second-order valence-corrected chi connectivity index (χ2v) is 2.78. The Labute approximate surface area is 87.7 Å². The second kappa shape index (κ2) is 4.11. The summed E-state index contributed by atoms with van der Waals surface area (Å²) < 4.78 is 6.46. The van der Waals surface area contributed by atoms with Crippen LogP contribution in [0, 0.1) is 0 Å². The summed E-state index contributed by atoms with van der Waals surface area (Å²) in [7, 11) is 1.79. The number of nitrogens with zero attached hydrogens (tertiary/aromatic N) is 2. The van der Waals surface area contributed by atoms with Crippen LogP contribution in [0.4, 0.5) is 5.88 Å². The van der Waals surface area contributed by atoms with Crippen LogP contribution in [0.1, 0.15) is 0 Å². The Bertz CT molecular complexity index is 394. The summed E-state index contributed by atoms with van der Waals surface area (Å²) in [5.74, 6) is 0.341. The molecule has 0 saturated carbocycles. The third-order valence-corrected chi connectivity index (χ3v) is 1.87. The van der Waals surface area contributed by atoms with Gasteiger partial charge in [-0.2, -0.15) is 0 Å². The Hall–Kier alpha value is -1.55. The highest BCUT2D eigenvalue weighted by molar-refractivity contribution is 5.64. The molecule has 0 fully saturated rings. The number of hydrogen-bond donors (Lipinski definition) is 1. The predicted octanol–water partition coefficient (Wildman–Crippen LogP) is -2.25. The monoisotopic (exact) mass is 211 g/mol. The summed E-state index contributed by atoms with van der Waals surface area (Å²) >= 11 is 0. The molecule has 0 saturated heterocycles. The molecule has 0 aliphatic heterocycles. The quantitative estimate of drug-likeness (QED) is 0.543. The SMILES string of the molecule is C[n+]1noc(N)c1-c1ccccc1.[Cl-]. The number of halogens is 1. The van der Waals surface area contributed by atoms with Gasteiger partial charge in [0, 0.05) is 0 Å². The average molecular weight is 212 g/mol. The molecular formula is C9H10ClN3O. The van der Waals surface area contributed by atoms with E-state index in [2.05, 4.69) is 5.27 Å². The molecule has 0 unspecified atom stereocenters. The number of aromatic nitrogens is 2. The van der Waals surface area contributed by atoms with Crippen LogP contribution in [0.15, 0.2) is 34.9 Å². The molecule has 74 valence electrons. The first-order valence-corrected chi connectivity index (χ1v) is 3.96. The molecule has 0 spiro atoms. The van der Waals surface area contributed by atoms with Crippen molar-refractivity contribution >= 4 is 5.88 Å². The summed E-state index contributed by atoms with van der Waals surface area (Å²) in [6, 6.07) is 9.77. The van der Waals surface area contributed by atoms with Gasteiger partial charge in [-0.25, -0.2) is 0 Å². The minimum atomic E-state index is 0. The second-order valence-electron chi connectivity index (χ2n) is 2.78. The Morgan fingerprint density at radius 1 is 1.29 bits per heavy atom. The minimum absolute atomic E-state index is 0. The van der Waals surface area contributed by atoms with Crippen LogP contribution in [-0.2, 0) is 7.05 Å². The van der Waals surface area contributed by atoms with E-state index < -0.39 is 0 Å². The first-order chi connectivity index (χ1) is 6.29. The molecule has 4 nitrogen and oxygen atoms in total. The molecule has 0 atom stereocenters. The fourth-order valence-electron chi connectivity index (χ4n) is 1.27. The van der Waals surface area contributed by atoms with Crippen molar-refractivity contribution in [3.63, 3.8) is 0 Å². The summed E-state index contributed by atoms with van der Waals surface area (Å²) in [4.78, 5) is 0. The average Bonchev–Trinajstić information content (AvgIpc) is 2.48. The maximum Gasteiger partial charge on any atom is 0.304 e. The van der Waals surface area contributed by atoms with Gasteiger partial charge in [-0.05, 0) is 16.8 Å². The predicted molar refractivity (Wildman–Crippen MR) is 47.5 cm³/mol. The zero-order valence-electron chi connectivity index (χ0n) is 7.64. The van der Waals surface area contributed by atoms with Gasteiger partial charge in [-0.1, -0.05) is 18.2 Å². The molecule has 2 aromatic rings. The molecule has 5 heteroatoms. The first-order valence-electron chi connectivity index (χ1n) is 3.96. The Kier molecular flexibility index (Phi) is 3.09. The molecule has 0 amide bonds. The molecule has 1 heterocycles. The van der Waals surface area contributed by atoms with Crippen molar-refractivity contribution in [1.82, 2.24) is 5.27 Å². The fraction of sp³-hybridized carbons (Fsp3) is 0.111. The fourth-order valence-corrected chi connectivity index (χ4v) is 1.27. The van der Waals surface area contributed by atoms with Gasteiger partial charge >= 0.3 is 11.6 Å². The van der Waals surface area contributed by atoms with Crippen LogP contribution in [0.3, 0.4) is 0 Å². The molecule has 14 heavy (non-hydrogen) atoms. The van der Waals surface area contributed by atoms with E-state index in [-0.39, 0.29) is 12.4 Å². The molecule has 0 aliphatic rings. The van der Waals surface area contributed by atoms with E-state index in [1.807, 2.05) is 30.3 Å². The van der Waals surface area contributed by atoms with E-state index in [4.69, 9.17) is 10.3 Å². The summed E-state index contributed by atoms with van der Waals surface area (Å²) in [5.41, 5.74) is 7.43. The van der Waals surface area contributed by atoms with Crippen LogP contribution in [0.25, 0.3) is 11.3 Å². The standard InChI is InChI=1S/C9H10N3O.ClH/c1-12-8(9(10)13-11-12)7-5-3-2-4-6-7;/h2-6H,10H2,1H3;1H/q+1;/p-1. The van der Waals surface area contributed by atoms with Crippen molar-refractivity contribution in [2.24, 2.45) is 7.05 Å². The van der Waals surface area contributed by atoms with Gasteiger partial charge in [0.15, 0.2) is 7.05 Å². The van der Waals surface area contributed by atoms with Crippen molar-refractivity contribution in [3.05, 3.63) is 30.3 Å². The molecule has 1 aromatic carbocycles. The summed E-state index contributed by atoms with van der Waals surface area (Å²) in [6.45, 7) is 0. The lowest BCUT2D eigenvalue weighted by Gasteiger charge is -1.90. The summed E-state index contributed by atoms with van der Waals surface area (Å²) in [6.07, 6.45) is 0. The highest BCUT2D eigenvalue weighted by Gasteiger charge is 2.20. The zero-order valence-corrected chi connectivity index (χ0v) is 8.40. The Morgan fingerprint density at radius 2 is 1.93 bits per heavy atom. The van der Waals surface area contributed by atoms with Crippen LogP contribution in [0.5, 0.6) is 0 Å². The Balaban J connectivity index is 0.000000980. The van der Waals surface area contributed by atoms with E-state index in [1.54, 1.807) is 11.7 Å². The smallest absolute Gasteiger partial charge is 0.304 e. The number of rotatable bonds is 1. The van der Waals surface area contributed by atoms with E-state index in [0.717, 1.165) is 11.3 Å². The van der Waals surface area contributed by atoms with Crippen molar-refractivity contribution in [2.75, 3.05) is 5.73 Å². The molecule has 0 aliphatic carbocycles. The minimum Gasteiger partial charge on any atom is -1.00 e. The zero-order chi connectivity index (χ0) is 9.26. The van der Waals surface area contributed by atoms with Crippen molar-refractivity contribution in [1.29, 1.82) is 0 Å². The largest absolute Gasteiger partial charge is 1.00 e.